The zero-order chi connectivity index (χ0) is 20.6. The van der Waals surface area contributed by atoms with E-state index in [1.165, 1.54) is 17.2 Å². The molecular formula is C22H22ClF3N2O. The van der Waals surface area contributed by atoms with Gasteiger partial charge in [-0.05, 0) is 41.7 Å². The number of hydrogen-bond donors (Lipinski definition) is 0. The van der Waals surface area contributed by atoms with Crippen LogP contribution in [0.2, 0.25) is 5.02 Å². The molecule has 0 aliphatic carbocycles. The zero-order valence-electron chi connectivity index (χ0n) is 15.9. The van der Waals surface area contributed by atoms with Crippen molar-refractivity contribution in [1.82, 2.24) is 9.80 Å². The molecule has 7 heteroatoms. The highest BCUT2D eigenvalue weighted by Crippen LogP contribution is 2.35. The molecule has 29 heavy (non-hydrogen) atoms. The lowest BCUT2D eigenvalue weighted by Crippen LogP contribution is -2.61. The molecule has 2 aromatic rings. The molecular weight excluding hydrogens is 401 g/mol. The predicted molar refractivity (Wildman–Crippen MR) is 106 cm³/mol. The van der Waals surface area contributed by atoms with Crippen LogP contribution in [-0.2, 0) is 30.4 Å². The summed E-state index contributed by atoms with van der Waals surface area (Å²) in [5.41, 5.74) is 2.38. The molecule has 1 fully saturated rings. The first kappa shape index (κ1) is 20.2. The SMILES string of the molecule is O=C(CCc1ccc(Cl)c(C(F)(F)F)c1)N1CC(N2CCc3ccccc3C2)C1. The van der Waals surface area contributed by atoms with E-state index in [2.05, 4.69) is 29.2 Å². The van der Waals surface area contributed by atoms with Crippen molar-refractivity contribution in [3.05, 3.63) is 69.7 Å². The number of likely N-dealkylation sites (tertiary alicyclic amines) is 1. The standard InChI is InChI=1S/C22H22ClF3N2O/c23-20-7-5-15(11-19(20)22(24,25)26)6-8-21(29)28-13-18(14-28)27-10-9-16-3-1-2-4-17(16)12-27/h1-5,7,11,18H,6,8-10,12-14H2. The molecule has 0 aromatic heterocycles. The molecule has 2 heterocycles. The van der Waals surface area contributed by atoms with E-state index in [-0.39, 0.29) is 23.8 Å². The summed E-state index contributed by atoms with van der Waals surface area (Å²) in [6, 6.07) is 12.7. The number of carbonyl (C=O) groups excluding carboxylic acids is 1. The molecule has 154 valence electrons. The first-order valence-electron chi connectivity index (χ1n) is 9.75. The van der Waals surface area contributed by atoms with Crippen molar-refractivity contribution >= 4 is 17.5 Å². The monoisotopic (exact) mass is 422 g/mol. The Balaban J connectivity index is 1.28. The maximum absolute atomic E-state index is 13.0. The molecule has 2 aliphatic heterocycles. The second kappa shape index (κ2) is 8.00. The Labute approximate surface area is 173 Å². The van der Waals surface area contributed by atoms with Crippen LogP contribution in [0.25, 0.3) is 0 Å². The Hall–Kier alpha value is -2.05. The minimum atomic E-state index is -4.49. The van der Waals surface area contributed by atoms with Crippen molar-refractivity contribution < 1.29 is 18.0 Å². The van der Waals surface area contributed by atoms with Crippen molar-refractivity contribution in [2.24, 2.45) is 0 Å². The number of hydrogen-bond acceptors (Lipinski definition) is 2. The van der Waals surface area contributed by atoms with Crippen LogP contribution in [0.4, 0.5) is 13.2 Å². The Morgan fingerprint density at radius 3 is 2.55 bits per heavy atom. The summed E-state index contributed by atoms with van der Waals surface area (Å²) in [7, 11) is 0. The number of nitrogens with zero attached hydrogens (tertiary/aromatic N) is 2. The lowest BCUT2D eigenvalue weighted by atomic mass is 9.96. The van der Waals surface area contributed by atoms with Gasteiger partial charge in [-0.2, -0.15) is 13.2 Å². The molecule has 2 aromatic carbocycles. The summed E-state index contributed by atoms with van der Waals surface area (Å²) in [6.45, 7) is 3.29. The van der Waals surface area contributed by atoms with Crippen molar-refractivity contribution in [2.75, 3.05) is 19.6 Å². The minimum absolute atomic E-state index is 0.0119. The number of benzene rings is 2. The van der Waals surface area contributed by atoms with Gasteiger partial charge >= 0.3 is 6.18 Å². The average Bonchev–Trinajstić information content (AvgIpc) is 2.65. The maximum Gasteiger partial charge on any atom is 0.417 e. The lowest BCUT2D eigenvalue weighted by Gasteiger charge is -2.47. The van der Waals surface area contributed by atoms with E-state index in [0.717, 1.165) is 25.6 Å². The third kappa shape index (κ3) is 4.43. The van der Waals surface area contributed by atoms with Gasteiger partial charge in [0.05, 0.1) is 10.6 Å². The molecule has 0 atom stereocenters. The topological polar surface area (TPSA) is 23.6 Å². The van der Waals surface area contributed by atoms with Crippen molar-refractivity contribution in [3.8, 4) is 0 Å². The first-order chi connectivity index (χ1) is 13.8. The fourth-order valence-corrected chi connectivity index (χ4v) is 4.30. The van der Waals surface area contributed by atoms with Gasteiger partial charge in [0.1, 0.15) is 0 Å². The average molecular weight is 423 g/mol. The predicted octanol–water partition coefficient (Wildman–Crippen LogP) is 4.56. The van der Waals surface area contributed by atoms with Crippen LogP contribution in [-0.4, -0.2) is 41.4 Å². The Bertz CT molecular complexity index is 909. The van der Waals surface area contributed by atoms with Crippen LogP contribution in [0, 0.1) is 0 Å². The normalized spacial score (nSPS) is 17.7. The van der Waals surface area contributed by atoms with Crippen LogP contribution in [0.1, 0.15) is 28.7 Å². The highest BCUT2D eigenvalue weighted by atomic mass is 35.5. The molecule has 0 radical (unpaired) electrons. The number of rotatable bonds is 4. The van der Waals surface area contributed by atoms with Crippen molar-refractivity contribution in [1.29, 1.82) is 0 Å². The first-order valence-corrected chi connectivity index (χ1v) is 10.1. The molecule has 3 nitrogen and oxygen atoms in total. The smallest absolute Gasteiger partial charge is 0.339 e. The van der Waals surface area contributed by atoms with Crippen molar-refractivity contribution in [2.45, 2.75) is 38.0 Å². The molecule has 2 aliphatic rings. The summed E-state index contributed by atoms with van der Waals surface area (Å²) >= 11 is 5.65. The summed E-state index contributed by atoms with van der Waals surface area (Å²) in [5, 5.41) is -0.318. The molecule has 0 bridgehead atoms. The van der Waals surface area contributed by atoms with Gasteiger partial charge in [-0.1, -0.05) is 41.9 Å². The molecule has 0 N–H and O–H groups in total. The van der Waals surface area contributed by atoms with Gasteiger partial charge in [0.15, 0.2) is 0 Å². The van der Waals surface area contributed by atoms with Crippen LogP contribution < -0.4 is 0 Å². The highest BCUT2D eigenvalue weighted by Gasteiger charge is 2.36. The van der Waals surface area contributed by atoms with Crippen LogP contribution in [0.5, 0.6) is 0 Å². The Morgan fingerprint density at radius 2 is 1.83 bits per heavy atom. The molecule has 1 amide bonds. The summed E-state index contributed by atoms with van der Waals surface area (Å²) < 4.78 is 38.9. The van der Waals surface area contributed by atoms with Gasteiger partial charge < -0.3 is 4.90 Å². The van der Waals surface area contributed by atoms with Gasteiger partial charge in [-0.15, -0.1) is 0 Å². The minimum Gasteiger partial charge on any atom is -0.339 e. The fraction of sp³-hybridized carbons (Fsp3) is 0.409. The molecule has 1 saturated heterocycles. The zero-order valence-corrected chi connectivity index (χ0v) is 16.6. The van der Waals surface area contributed by atoms with Gasteiger partial charge in [-0.3, -0.25) is 9.69 Å². The quantitative estimate of drug-likeness (QED) is 0.721. The second-order valence-electron chi connectivity index (χ2n) is 7.75. The summed E-state index contributed by atoms with van der Waals surface area (Å²) in [4.78, 5) is 16.6. The summed E-state index contributed by atoms with van der Waals surface area (Å²) in [6.07, 6.45) is -2.99. The number of halogens is 4. The molecule has 0 saturated carbocycles. The highest BCUT2D eigenvalue weighted by molar-refractivity contribution is 6.31. The van der Waals surface area contributed by atoms with Gasteiger partial charge in [0.25, 0.3) is 0 Å². The van der Waals surface area contributed by atoms with Crippen LogP contribution in [0.3, 0.4) is 0 Å². The van der Waals surface area contributed by atoms with E-state index in [4.69, 9.17) is 11.6 Å². The molecule has 0 spiro atoms. The van der Waals surface area contributed by atoms with E-state index >= 15 is 0 Å². The Kier molecular flexibility index (Phi) is 5.58. The van der Waals surface area contributed by atoms with Gasteiger partial charge in [0, 0.05) is 38.6 Å². The third-order valence-electron chi connectivity index (χ3n) is 5.86. The largest absolute Gasteiger partial charge is 0.417 e. The van der Waals surface area contributed by atoms with Gasteiger partial charge in [0.2, 0.25) is 5.91 Å². The molecule has 0 unspecified atom stereocenters. The van der Waals surface area contributed by atoms with Crippen LogP contribution in [0.15, 0.2) is 42.5 Å². The number of alkyl halides is 3. The number of aryl methyl sites for hydroxylation is 1. The molecule has 4 rings (SSSR count). The van der Waals surface area contributed by atoms with Gasteiger partial charge in [-0.25, -0.2) is 0 Å². The van der Waals surface area contributed by atoms with Crippen LogP contribution >= 0.6 is 11.6 Å². The van der Waals surface area contributed by atoms with Crippen molar-refractivity contribution in [3.63, 3.8) is 0 Å². The lowest BCUT2D eigenvalue weighted by molar-refractivity contribution is -0.139. The van der Waals surface area contributed by atoms with E-state index < -0.39 is 11.7 Å². The second-order valence-corrected chi connectivity index (χ2v) is 8.16. The number of carbonyl (C=O) groups is 1. The van der Waals surface area contributed by atoms with E-state index in [1.807, 2.05) is 0 Å². The number of amides is 1. The fourth-order valence-electron chi connectivity index (χ4n) is 4.07. The maximum atomic E-state index is 13.0. The summed E-state index contributed by atoms with van der Waals surface area (Å²) in [5.74, 6) is -0.0119. The van der Waals surface area contributed by atoms with E-state index in [9.17, 15) is 18.0 Å². The van der Waals surface area contributed by atoms with E-state index in [1.54, 1.807) is 11.0 Å². The third-order valence-corrected chi connectivity index (χ3v) is 6.18. The van der Waals surface area contributed by atoms with E-state index in [0.29, 0.717) is 24.7 Å². The Morgan fingerprint density at radius 1 is 1.10 bits per heavy atom. The number of fused-ring (bicyclic) bond motifs is 1.